The van der Waals surface area contributed by atoms with Gasteiger partial charge in [-0.3, -0.25) is 0 Å². The lowest BCUT2D eigenvalue weighted by atomic mass is 10.1. The van der Waals surface area contributed by atoms with Crippen LogP contribution < -0.4 is 0 Å². The number of aryl methyl sites for hydroxylation is 2. The van der Waals surface area contributed by atoms with Crippen LogP contribution >= 0.6 is 0 Å². The molecule has 3 aromatic heterocycles. The van der Waals surface area contributed by atoms with Crippen molar-refractivity contribution in [1.82, 2.24) is 20.3 Å². The monoisotopic (exact) mass is 274 g/mol. The van der Waals surface area contributed by atoms with Crippen LogP contribution in [-0.4, -0.2) is 27.4 Å². The van der Waals surface area contributed by atoms with Crippen LogP contribution in [0.1, 0.15) is 30.2 Å². The van der Waals surface area contributed by atoms with Crippen molar-refractivity contribution in [2.24, 2.45) is 0 Å². The summed E-state index contributed by atoms with van der Waals surface area (Å²) in [6.45, 7) is 5.57. The lowest BCUT2D eigenvalue weighted by Crippen LogP contribution is -1.97. The van der Waals surface area contributed by atoms with Gasteiger partial charge in [-0.1, -0.05) is 10.3 Å². The third kappa shape index (κ3) is 1.96. The van der Waals surface area contributed by atoms with Gasteiger partial charge in [0.2, 0.25) is 5.82 Å². The summed E-state index contributed by atoms with van der Waals surface area (Å²) in [5.74, 6) is 0.907. The third-order valence-corrected chi connectivity index (χ3v) is 3.13. The predicted molar refractivity (Wildman–Crippen MR) is 70.0 cm³/mol. The van der Waals surface area contributed by atoms with E-state index < -0.39 is 0 Å². The van der Waals surface area contributed by atoms with E-state index in [1.807, 2.05) is 26.8 Å². The number of hydrogen-bond donors (Lipinski definition) is 0. The molecule has 3 aromatic rings. The molecule has 0 spiro atoms. The number of fused-ring (bicyclic) bond motifs is 1. The fourth-order valence-electron chi connectivity index (χ4n) is 2.00. The van der Waals surface area contributed by atoms with Crippen LogP contribution in [0.25, 0.3) is 22.6 Å². The van der Waals surface area contributed by atoms with E-state index in [0.717, 1.165) is 22.3 Å². The van der Waals surface area contributed by atoms with Crippen LogP contribution in [0.2, 0.25) is 0 Å². The van der Waals surface area contributed by atoms with Crippen molar-refractivity contribution in [3.05, 3.63) is 23.3 Å². The quantitative estimate of drug-likeness (QED) is 0.725. The van der Waals surface area contributed by atoms with E-state index in [-0.39, 0.29) is 6.10 Å². The van der Waals surface area contributed by atoms with E-state index >= 15 is 0 Å². The van der Waals surface area contributed by atoms with Crippen LogP contribution in [0.4, 0.5) is 0 Å². The highest BCUT2D eigenvalue weighted by Crippen LogP contribution is 2.30. The minimum Gasteiger partial charge on any atom is -0.374 e. The fraction of sp³-hybridized carbons (Fsp3) is 0.385. The molecule has 0 bridgehead atoms. The van der Waals surface area contributed by atoms with Crippen molar-refractivity contribution < 1.29 is 13.8 Å². The molecule has 0 amide bonds. The molecule has 3 rings (SSSR count). The van der Waals surface area contributed by atoms with E-state index in [1.165, 1.54) is 0 Å². The molecule has 1 unspecified atom stereocenters. The van der Waals surface area contributed by atoms with E-state index in [9.17, 15) is 0 Å². The summed E-state index contributed by atoms with van der Waals surface area (Å²) in [5.41, 5.74) is 2.77. The first-order chi connectivity index (χ1) is 9.60. The normalized spacial score (nSPS) is 13.0. The van der Waals surface area contributed by atoms with Gasteiger partial charge in [0.1, 0.15) is 6.10 Å². The van der Waals surface area contributed by atoms with Crippen LogP contribution in [0.15, 0.2) is 15.1 Å². The van der Waals surface area contributed by atoms with Crippen molar-refractivity contribution in [2.45, 2.75) is 26.9 Å². The highest BCUT2D eigenvalue weighted by atomic mass is 16.5. The van der Waals surface area contributed by atoms with Gasteiger partial charge in [0.25, 0.3) is 11.6 Å². The fourth-order valence-corrected chi connectivity index (χ4v) is 2.00. The summed E-state index contributed by atoms with van der Waals surface area (Å²) in [6.07, 6.45) is -0.227. The van der Waals surface area contributed by atoms with E-state index in [0.29, 0.717) is 17.4 Å². The van der Waals surface area contributed by atoms with Gasteiger partial charge in [0.15, 0.2) is 0 Å². The smallest absolute Gasteiger partial charge is 0.258 e. The van der Waals surface area contributed by atoms with E-state index in [4.69, 9.17) is 13.8 Å². The first kappa shape index (κ1) is 12.7. The lowest BCUT2D eigenvalue weighted by Gasteiger charge is -2.01. The van der Waals surface area contributed by atoms with Gasteiger partial charge in [0.05, 0.1) is 16.6 Å². The van der Waals surface area contributed by atoms with Gasteiger partial charge in [-0.25, -0.2) is 4.98 Å². The van der Waals surface area contributed by atoms with Crippen LogP contribution in [-0.2, 0) is 4.74 Å². The molecule has 7 heteroatoms. The number of methoxy groups -OCH3 is 1. The molecule has 0 aliphatic carbocycles. The second kappa shape index (κ2) is 4.68. The zero-order valence-corrected chi connectivity index (χ0v) is 11.7. The van der Waals surface area contributed by atoms with Gasteiger partial charge in [-0.05, 0) is 26.8 Å². The molecule has 7 nitrogen and oxygen atoms in total. The Kier molecular flexibility index (Phi) is 2.98. The molecule has 0 aliphatic rings. The Hall–Kier alpha value is -2.28. The first-order valence-electron chi connectivity index (χ1n) is 6.20. The van der Waals surface area contributed by atoms with Crippen LogP contribution in [0.5, 0.6) is 0 Å². The molecular formula is C13H14N4O3. The molecule has 0 fully saturated rings. The van der Waals surface area contributed by atoms with E-state index in [1.54, 1.807) is 7.11 Å². The maximum atomic E-state index is 5.32. The topological polar surface area (TPSA) is 87.1 Å². The molecular weight excluding hydrogens is 260 g/mol. The summed E-state index contributed by atoms with van der Waals surface area (Å²) in [5, 5.41) is 8.65. The van der Waals surface area contributed by atoms with Crippen LogP contribution in [0.3, 0.4) is 0 Å². The Bertz CT molecular complexity index is 762. The molecule has 0 saturated carbocycles. The number of pyridine rings is 1. The highest BCUT2D eigenvalue weighted by Gasteiger charge is 2.20. The van der Waals surface area contributed by atoms with Crippen molar-refractivity contribution in [2.75, 3.05) is 7.11 Å². The minimum atomic E-state index is -0.227. The Morgan fingerprint density at radius 3 is 2.70 bits per heavy atom. The molecule has 0 aromatic carbocycles. The van der Waals surface area contributed by atoms with Crippen molar-refractivity contribution in [3.8, 4) is 11.5 Å². The van der Waals surface area contributed by atoms with Gasteiger partial charge in [-0.2, -0.15) is 4.98 Å². The minimum absolute atomic E-state index is 0.227. The predicted octanol–water partition coefficient (Wildman–Crippen LogP) is 2.60. The van der Waals surface area contributed by atoms with Gasteiger partial charge >= 0.3 is 0 Å². The molecule has 3 heterocycles. The standard InChI is InChI=1S/C13H14N4O3/c1-6-5-9(10-7(2)16-20-13(10)14-6)12-15-11(17-19-12)8(3)18-4/h5,8H,1-4H3. The number of hydrogen-bond acceptors (Lipinski definition) is 7. The van der Waals surface area contributed by atoms with Gasteiger partial charge < -0.3 is 13.8 Å². The summed E-state index contributed by atoms with van der Waals surface area (Å²) in [7, 11) is 1.60. The Balaban J connectivity index is 2.18. The van der Waals surface area contributed by atoms with E-state index in [2.05, 4.69) is 20.3 Å². The second-order valence-corrected chi connectivity index (χ2v) is 4.59. The third-order valence-electron chi connectivity index (χ3n) is 3.13. The molecule has 1 atom stereocenters. The summed E-state index contributed by atoms with van der Waals surface area (Å²) in [6, 6.07) is 1.88. The highest BCUT2D eigenvalue weighted by molar-refractivity contribution is 5.91. The molecule has 20 heavy (non-hydrogen) atoms. The summed E-state index contributed by atoms with van der Waals surface area (Å²) in [4.78, 5) is 8.66. The number of aromatic nitrogens is 4. The molecule has 0 N–H and O–H groups in total. The Labute approximate surface area is 114 Å². The summed E-state index contributed by atoms with van der Waals surface area (Å²) < 4.78 is 15.7. The van der Waals surface area contributed by atoms with Crippen molar-refractivity contribution in [1.29, 1.82) is 0 Å². The molecule has 0 radical (unpaired) electrons. The van der Waals surface area contributed by atoms with Gasteiger partial charge in [0, 0.05) is 12.8 Å². The number of ether oxygens (including phenoxy) is 1. The molecule has 104 valence electrons. The number of rotatable bonds is 3. The SMILES string of the molecule is COC(C)c1noc(-c2cc(C)nc3onc(C)c23)n1. The lowest BCUT2D eigenvalue weighted by molar-refractivity contribution is 0.109. The largest absolute Gasteiger partial charge is 0.374 e. The zero-order valence-electron chi connectivity index (χ0n) is 11.7. The van der Waals surface area contributed by atoms with Crippen molar-refractivity contribution >= 4 is 11.1 Å². The first-order valence-corrected chi connectivity index (χ1v) is 6.20. The average Bonchev–Trinajstić information content (AvgIpc) is 3.05. The van der Waals surface area contributed by atoms with Crippen LogP contribution in [0, 0.1) is 13.8 Å². The van der Waals surface area contributed by atoms with Crippen molar-refractivity contribution in [3.63, 3.8) is 0 Å². The Morgan fingerprint density at radius 1 is 1.15 bits per heavy atom. The average molecular weight is 274 g/mol. The second-order valence-electron chi connectivity index (χ2n) is 4.59. The maximum absolute atomic E-state index is 5.32. The maximum Gasteiger partial charge on any atom is 0.258 e. The zero-order chi connectivity index (χ0) is 14.3. The number of nitrogens with zero attached hydrogens (tertiary/aromatic N) is 4. The molecule has 0 aliphatic heterocycles. The van der Waals surface area contributed by atoms with Gasteiger partial charge in [-0.15, -0.1) is 0 Å². The Morgan fingerprint density at radius 2 is 1.95 bits per heavy atom. The summed E-state index contributed by atoms with van der Waals surface area (Å²) >= 11 is 0. The molecule has 0 saturated heterocycles.